The Bertz CT molecular complexity index is 476. The predicted molar refractivity (Wildman–Crippen MR) is 53.5 cm³/mol. The maximum Gasteiger partial charge on any atom is 0.320 e. The number of ether oxygens (including phenoxy) is 2. The number of hydrogen-bond donors (Lipinski definition) is 3. The van der Waals surface area contributed by atoms with Gasteiger partial charge in [0.1, 0.15) is 6.04 Å². The van der Waals surface area contributed by atoms with E-state index < -0.39 is 23.6 Å². The van der Waals surface area contributed by atoms with Gasteiger partial charge in [0.05, 0.1) is 0 Å². The van der Waals surface area contributed by atoms with E-state index in [9.17, 15) is 14.3 Å². The Balaban J connectivity index is 2.36. The second-order valence-corrected chi connectivity index (χ2v) is 3.58. The normalized spacial score (nSPS) is 14.7. The molecule has 4 N–H and O–H groups in total. The van der Waals surface area contributed by atoms with Gasteiger partial charge < -0.3 is 25.4 Å². The molecule has 0 saturated heterocycles. The van der Waals surface area contributed by atoms with Crippen molar-refractivity contribution in [2.24, 2.45) is 5.73 Å². The first kappa shape index (κ1) is 11.5. The van der Waals surface area contributed by atoms with E-state index in [0.29, 0.717) is 0 Å². The standard InChI is InChI=1S/C10H10FNO5/c11-7-8(13)4(1-5(12)10(14)15)2-6-9(7)17-3-16-6/h2,5,13H,1,3,12H2,(H,14,15). The molecule has 0 bridgehead atoms. The molecule has 1 atom stereocenters. The van der Waals surface area contributed by atoms with Crippen LogP contribution in [0, 0.1) is 5.82 Å². The molecule has 0 aromatic heterocycles. The zero-order chi connectivity index (χ0) is 12.6. The van der Waals surface area contributed by atoms with Crippen LogP contribution in [0.2, 0.25) is 0 Å². The Morgan fingerprint density at radius 3 is 2.94 bits per heavy atom. The van der Waals surface area contributed by atoms with Gasteiger partial charge in [0.25, 0.3) is 0 Å². The molecule has 0 saturated carbocycles. The Labute approximate surface area is 95.4 Å². The lowest BCUT2D eigenvalue weighted by atomic mass is 10.0. The third-order valence-corrected chi connectivity index (χ3v) is 2.42. The topological polar surface area (TPSA) is 102 Å². The first-order valence-corrected chi connectivity index (χ1v) is 4.79. The lowest BCUT2D eigenvalue weighted by molar-refractivity contribution is -0.138. The molecule has 0 aliphatic carbocycles. The molecule has 0 spiro atoms. The van der Waals surface area contributed by atoms with E-state index >= 15 is 0 Å². The van der Waals surface area contributed by atoms with Crippen molar-refractivity contribution in [3.63, 3.8) is 0 Å². The molecule has 0 fully saturated rings. The summed E-state index contributed by atoms with van der Waals surface area (Å²) >= 11 is 0. The number of aromatic hydroxyl groups is 1. The summed E-state index contributed by atoms with van der Waals surface area (Å²) in [6.45, 7) is -0.139. The van der Waals surface area contributed by atoms with Crippen LogP contribution in [-0.2, 0) is 11.2 Å². The van der Waals surface area contributed by atoms with Crippen LogP contribution in [0.25, 0.3) is 0 Å². The van der Waals surface area contributed by atoms with Gasteiger partial charge in [-0.15, -0.1) is 0 Å². The van der Waals surface area contributed by atoms with Crippen LogP contribution < -0.4 is 15.2 Å². The highest BCUT2D eigenvalue weighted by Crippen LogP contribution is 2.41. The number of phenols is 1. The lowest BCUT2D eigenvalue weighted by Crippen LogP contribution is -2.32. The van der Waals surface area contributed by atoms with Crippen LogP contribution in [0.3, 0.4) is 0 Å². The van der Waals surface area contributed by atoms with Crippen LogP contribution in [0.5, 0.6) is 17.2 Å². The molecule has 92 valence electrons. The summed E-state index contributed by atoms with van der Waals surface area (Å²) in [5.74, 6) is -2.90. The highest BCUT2D eigenvalue weighted by Gasteiger charge is 2.26. The van der Waals surface area contributed by atoms with Crippen molar-refractivity contribution in [3.8, 4) is 17.2 Å². The van der Waals surface area contributed by atoms with Crippen molar-refractivity contribution < 1.29 is 28.9 Å². The quantitative estimate of drug-likeness (QED) is 0.701. The smallest absolute Gasteiger partial charge is 0.320 e. The first-order valence-electron chi connectivity index (χ1n) is 4.79. The van der Waals surface area contributed by atoms with Gasteiger partial charge in [-0.05, 0) is 6.07 Å². The van der Waals surface area contributed by atoms with Crippen molar-refractivity contribution in [3.05, 3.63) is 17.4 Å². The molecular weight excluding hydrogens is 233 g/mol. The zero-order valence-corrected chi connectivity index (χ0v) is 8.64. The van der Waals surface area contributed by atoms with Crippen LogP contribution in [-0.4, -0.2) is 29.0 Å². The number of halogens is 1. The van der Waals surface area contributed by atoms with Crippen LogP contribution in [0.1, 0.15) is 5.56 Å². The van der Waals surface area contributed by atoms with Crippen molar-refractivity contribution in [1.82, 2.24) is 0 Å². The minimum atomic E-state index is -1.23. The minimum absolute atomic E-state index is 0.0710. The number of benzene rings is 1. The summed E-state index contributed by atoms with van der Waals surface area (Å²) in [5.41, 5.74) is 5.38. The number of carbonyl (C=O) groups is 1. The summed E-state index contributed by atoms with van der Waals surface area (Å²) in [6, 6.07) is 0.101. The molecular formula is C10H10FNO5. The fraction of sp³-hybridized carbons (Fsp3) is 0.300. The van der Waals surface area contributed by atoms with Crippen molar-refractivity contribution in [1.29, 1.82) is 0 Å². The second-order valence-electron chi connectivity index (χ2n) is 3.58. The Morgan fingerprint density at radius 1 is 1.59 bits per heavy atom. The Kier molecular flexibility index (Phi) is 2.76. The maximum atomic E-state index is 13.6. The molecule has 0 radical (unpaired) electrons. The summed E-state index contributed by atoms with van der Waals surface area (Å²) in [7, 11) is 0. The van der Waals surface area contributed by atoms with Gasteiger partial charge in [0.15, 0.2) is 11.5 Å². The van der Waals surface area contributed by atoms with Gasteiger partial charge in [0, 0.05) is 12.0 Å². The summed E-state index contributed by atoms with van der Waals surface area (Å²) in [5, 5.41) is 18.2. The first-order chi connectivity index (χ1) is 8.00. The van der Waals surface area contributed by atoms with Gasteiger partial charge in [-0.25, -0.2) is 0 Å². The number of phenolic OH excluding ortho intramolecular Hbond substituents is 1. The minimum Gasteiger partial charge on any atom is -0.505 e. The van der Waals surface area contributed by atoms with Gasteiger partial charge >= 0.3 is 5.97 Å². The number of rotatable bonds is 3. The molecule has 1 unspecified atom stereocenters. The highest BCUT2D eigenvalue weighted by molar-refractivity contribution is 5.74. The van der Waals surface area contributed by atoms with Gasteiger partial charge in [-0.3, -0.25) is 4.79 Å². The van der Waals surface area contributed by atoms with Gasteiger partial charge in [-0.2, -0.15) is 4.39 Å². The van der Waals surface area contributed by atoms with E-state index in [1.54, 1.807) is 0 Å². The van der Waals surface area contributed by atoms with Crippen molar-refractivity contribution in [2.75, 3.05) is 6.79 Å². The number of carboxylic acid groups (broad SMARTS) is 1. The van der Waals surface area contributed by atoms with Gasteiger partial charge in [-0.1, -0.05) is 0 Å². The van der Waals surface area contributed by atoms with E-state index in [2.05, 4.69) is 0 Å². The lowest BCUT2D eigenvalue weighted by Gasteiger charge is -2.10. The molecule has 17 heavy (non-hydrogen) atoms. The molecule has 1 aliphatic rings. The molecule has 1 aromatic rings. The largest absolute Gasteiger partial charge is 0.505 e. The Morgan fingerprint density at radius 2 is 2.29 bits per heavy atom. The van der Waals surface area contributed by atoms with E-state index in [4.69, 9.17) is 20.3 Å². The van der Waals surface area contributed by atoms with Crippen molar-refractivity contribution >= 4 is 5.97 Å². The zero-order valence-electron chi connectivity index (χ0n) is 8.64. The number of nitrogens with two attached hydrogens (primary N) is 1. The third kappa shape index (κ3) is 1.96. The van der Waals surface area contributed by atoms with Crippen LogP contribution >= 0.6 is 0 Å². The second kappa shape index (κ2) is 4.10. The average Bonchev–Trinajstić information content (AvgIpc) is 2.73. The van der Waals surface area contributed by atoms with Crippen molar-refractivity contribution in [2.45, 2.75) is 12.5 Å². The predicted octanol–water partition coefficient (Wildman–Crippen LogP) is 0.214. The van der Waals surface area contributed by atoms with Gasteiger partial charge in [0.2, 0.25) is 18.4 Å². The average molecular weight is 243 g/mol. The highest BCUT2D eigenvalue weighted by atomic mass is 19.1. The number of hydrogen-bond acceptors (Lipinski definition) is 5. The summed E-state index contributed by atoms with van der Waals surface area (Å²) in [4.78, 5) is 10.6. The van der Waals surface area contributed by atoms with E-state index in [1.165, 1.54) is 6.07 Å². The third-order valence-electron chi connectivity index (χ3n) is 2.42. The fourth-order valence-electron chi connectivity index (χ4n) is 1.52. The molecule has 1 heterocycles. The molecule has 7 heteroatoms. The molecule has 6 nitrogen and oxygen atoms in total. The number of carboxylic acids is 1. The Hall–Kier alpha value is -2.02. The monoisotopic (exact) mass is 243 g/mol. The van der Waals surface area contributed by atoms with Crippen LogP contribution in [0.15, 0.2) is 6.07 Å². The maximum absolute atomic E-state index is 13.6. The van der Waals surface area contributed by atoms with Crippen LogP contribution in [0.4, 0.5) is 4.39 Å². The number of fused-ring (bicyclic) bond motifs is 1. The fourth-order valence-corrected chi connectivity index (χ4v) is 1.52. The molecule has 1 aliphatic heterocycles. The molecule has 0 amide bonds. The summed E-state index contributed by atoms with van der Waals surface area (Å²) < 4.78 is 23.3. The summed E-state index contributed by atoms with van der Waals surface area (Å²) in [6.07, 6.45) is -0.200. The molecule has 2 rings (SSSR count). The number of aliphatic carboxylic acids is 1. The molecule has 1 aromatic carbocycles. The van der Waals surface area contributed by atoms with E-state index in [1.807, 2.05) is 0 Å². The SMILES string of the molecule is NC(Cc1cc2c(c(F)c1O)OCO2)C(=O)O. The van der Waals surface area contributed by atoms with E-state index in [0.717, 1.165) is 0 Å². The van der Waals surface area contributed by atoms with E-state index in [-0.39, 0.29) is 30.3 Å².